The van der Waals surface area contributed by atoms with Crippen molar-refractivity contribution in [1.29, 1.82) is 0 Å². The molecule has 0 aliphatic carbocycles. The lowest BCUT2D eigenvalue weighted by Crippen LogP contribution is -2.39. The maximum absolute atomic E-state index is 13.1. The SMILES string of the molecule is O=C(c1cnn2ccccc12)N1CCC[C@H](c2nc3ccccc3[nH]2)C1. The third-order valence-corrected chi connectivity index (χ3v) is 5.16. The van der Waals surface area contributed by atoms with Gasteiger partial charge in [0.15, 0.2) is 0 Å². The number of aromatic amines is 1. The number of likely N-dealkylation sites (tertiary alicyclic amines) is 1. The largest absolute Gasteiger partial charge is 0.342 e. The van der Waals surface area contributed by atoms with Crippen molar-refractivity contribution >= 4 is 22.5 Å². The quantitative estimate of drug-likeness (QED) is 0.606. The van der Waals surface area contributed by atoms with Crippen LogP contribution in [0.4, 0.5) is 0 Å². The lowest BCUT2D eigenvalue weighted by atomic mass is 9.97. The molecular formula is C20H19N5O. The number of hydrogen-bond acceptors (Lipinski definition) is 3. The molecule has 4 heterocycles. The van der Waals surface area contributed by atoms with E-state index in [4.69, 9.17) is 4.98 Å². The van der Waals surface area contributed by atoms with Crippen LogP contribution in [0, 0.1) is 0 Å². The van der Waals surface area contributed by atoms with Crippen molar-refractivity contribution in [3.63, 3.8) is 0 Å². The van der Waals surface area contributed by atoms with Crippen molar-refractivity contribution in [2.45, 2.75) is 18.8 Å². The number of pyridine rings is 1. The molecule has 5 rings (SSSR count). The molecule has 1 amide bonds. The van der Waals surface area contributed by atoms with E-state index in [-0.39, 0.29) is 11.8 Å². The predicted octanol–water partition coefficient (Wildman–Crippen LogP) is 3.23. The molecule has 6 nitrogen and oxygen atoms in total. The first kappa shape index (κ1) is 15.1. The Bertz CT molecular complexity index is 1060. The van der Waals surface area contributed by atoms with Crippen molar-refractivity contribution in [3.05, 3.63) is 66.2 Å². The smallest absolute Gasteiger partial charge is 0.257 e. The van der Waals surface area contributed by atoms with Gasteiger partial charge in [0.25, 0.3) is 5.91 Å². The molecule has 0 unspecified atom stereocenters. The Hall–Kier alpha value is -3.15. The number of carbonyl (C=O) groups excluding carboxylic acids is 1. The van der Waals surface area contributed by atoms with E-state index >= 15 is 0 Å². The van der Waals surface area contributed by atoms with E-state index in [2.05, 4.69) is 10.1 Å². The summed E-state index contributed by atoms with van der Waals surface area (Å²) in [5.74, 6) is 1.26. The molecule has 1 N–H and O–H groups in total. The number of benzene rings is 1. The Morgan fingerprint density at radius 1 is 1.15 bits per heavy atom. The van der Waals surface area contributed by atoms with Gasteiger partial charge in [-0.1, -0.05) is 18.2 Å². The summed E-state index contributed by atoms with van der Waals surface area (Å²) in [6, 6.07) is 13.8. The van der Waals surface area contributed by atoms with Gasteiger partial charge < -0.3 is 9.88 Å². The molecule has 0 radical (unpaired) electrons. The minimum Gasteiger partial charge on any atom is -0.342 e. The third-order valence-electron chi connectivity index (χ3n) is 5.16. The first-order valence-electron chi connectivity index (χ1n) is 8.96. The zero-order valence-corrected chi connectivity index (χ0v) is 14.3. The summed E-state index contributed by atoms with van der Waals surface area (Å²) in [5.41, 5.74) is 3.54. The Morgan fingerprint density at radius 3 is 2.96 bits per heavy atom. The van der Waals surface area contributed by atoms with E-state index in [1.807, 2.05) is 53.6 Å². The van der Waals surface area contributed by atoms with Gasteiger partial charge in [-0.3, -0.25) is 4.79 Å². The molecule has 0 spiro atoms. The van der Waals surface area contributed by atoms with E-state index < -0.39 is 0 Å². The van der Waals surface area contributed by atoms with Gasteiger partial charge in [0.1, 0.15) is 5.82 Å². The Kier molecular flexibility index (Phi) is 3.48. The van der Waals surface area contributed by atoms with Crippen LogP contribution in [0.5, 0.6) is 0 Å². The zero-order valence-electron chi connectivity index (χ0n) is 14.3. The van der Waals surface area contributed by atoms with Crippen LogP contribution < -0.4 is 0 Å². The highest BCUT2D eigenvalue weighted by molar-refractivity contribution is 6.00. The molecule has 1 fully saturated rings. The van der Waals surface area contributed by atoms with Crippen molar-refractivity contribution in [2.24, 2.45) is 0 Å². The molecule has 3 aromatic heterocycles. The van der Waals surface area contributed by atoms with Crippen LogP contribution >= 0.6 is 0 Å². The second-order valence-electron chi connectivity index (χ2n) is 6.82. The minimum atomic E-state index is 0.0482. The first-order valence-corrected chi connectivity index (χ1v) is 8.96. The number of fused-ring (bicyclic) bond motifs is 2. The summed E-state index contributed by atoms with van der Waals surface area (Å²) >= 11 is 0. The summed E-state index contributed by atoms with van der Waals surface area (Å²) in [5, 5.41) is 4.29. The van der Waals surface area contributed by atoms with Crippen LogP contribution in [0.3, 0.4) is 0 Å². The summed E-state index contributed by atoms with van der Waals surface area (Å²) < 4.78 is 1.74. The van der Waals surface area contributed by atoms with Gasteiger partial charge in [0.2, 0.25) is 0 Å². The number of nitrogens with zero attached hydrogens (tertiary/aromatic N) is 4. The minimum absolute atomic E-state index is 0.0482. The second kappa shape index (κ2) is 5.98. The monoisotopic (exact) mass is 345 g/mol. The highest BCUT2D eigenvalue weighted by atomic mass is 16.2. The molecule has 1 aliphatic heterocycles. The average Bonchev–Trinajstić information content (AvgIpc) is 3.32. The number of imidazole rings is 1. The van der Waals surface area contributed by atoms with Crippen molar-refractivity contribution < 1.29 is 4.79 Å². The van der Waals surface area contributed by atoms with Crippen molar-refractivity contribution in [3.8, 4) is 0 Å². The number of hydrogen-bond donors (Lipinski definition) is 1. The van der Waals surface area contributed by atoms with Gasteiger partial charge >= 0.3 is 0 Å². The van der Waals surface area contributed by atoms with Crippen LogP contribution in [0.15, 0.2) is 54.9 Å². The Labute approximate surface area is 150 Å². The van der Waals surface area contributed by atoms with Crippen LogP contribution in [0.25, 0.3) is 16.6 Å². The normalized spacial score (nSPS) is 17.8. The number of rotatable bonds is 2. The summed E-state index contributed by atoms with van der Waals surface area (Å²) in [4.78, 5) is 23.2. The second-order valence-corrected chi connectivity index (χ2v) is 6.82. The highest BCUT2D eigenvalue weighted by Gasteiger charge is 2.28. The van der Waals surface area contributed by atoms with Crippen LogP contribution in [0.2, 0.25) is 0 Å². The number of aromatic nitrogens is 4. The van der Waals surface area contributed by atoms with E-state index in [1.54, 1.807) is 10.7 Å². The molecular weight excluding hydrogens is 326 g/mol. The molecule has 6 heteroatoms. The summed E-state index contributed by atoms with van der Waals surface area (Å²) in [6.45, 7) is 1.46. The summed E-state index contributed by atoms with van der Waals surface area (Å²) in [7, 11) is 0. The Balaban J connectivity index is 1.42. The number of amides is 1. The fourth-order valence-electron chi connectivity index (χ4n) is 3.82. The van der Waals surface area contributed by atoms with Gasteiger partial charge in [0, 0.05) is 25.2 Å². The Morgan fingerprint density at radius 2 is 2.04 bits per heavy atom. The molecule has 130 valence electrons. The standard InChI is InChI=1S/C20H19N5O/c26-20(15-12-21-25-11-4-3-9-18(15)25)24-10-5-6-14(13-24)19-22-16-7-1-2-8-17(16)23-19/h1-4,7-9,11-12,14H,5-6,10,13H2,(H,22,23)/t14-/m0/s1. The molecule has 4 aromatic rings. The molecule has 1 aliphatic rings. The predicted molar refractivity (Wildman–Crippen MR) is 99.2 cm³/mol. The molecule has 1 saturated heterocycles. The van der Waals surface area contributed by atoms with Gasteiger partial charge in [-0.15, -0.1) is 0 Å². The fourth-order valence-corrected chi connectivity index (χ4v) is 3.82. The number of nitrogens with one attached hydrogen (secondary N) is 1. The molecule has 1 atom stereocenters. The number of carbonyl (C=O) groups is 1. The van der Waals surface area contributed by atoms with Crippen LogP contribution in [-0.2, 0) is 0 Å². The zero-order chi connectivity index (χ0) is 17.5. The lowest BCUT2D eigenvalue weighted by Gasteiger charge is -2.31. The fraction of sp³-hybridized carbons (Fsp3) is 0.250. The number of para-hydroxylation sites is 2. The van der Waals surface area contributed by atoms with Crippen molar-refractivity contribution in [1.82, 2.24) is 24.5 Å². The summed E-state index contributed by atoms with van der Waals surface area (Å²) in [6.07, 6.45) is 5.55. The lowest BCUT2D eigenvalue weighted by molar-refractivity contribution is 0.0707. The highest BCUT2D eigenvalue weighted by Crippen LogP contribution is 2.28. The van der Waals surface area contributed by atoms with Gasteiger partial charge in [-0.25, -0.2) is 9.50 Å². The topological polar surface area (TPSA) is 66.3 Å². The van der Waals surface area contributed by atoms with Gasteiger partial charge in [-0.05, 0) is 37.1 Å². The van der Waals surface area contributed by atoms with Crippen molar-refractivity contribution in [2.75, 3.05) is 13.1 Å². The molecule has 0 bridgehead atoms. The van der Waals surface area contributed by atoms with E-state index in [1.165, 1.54) is 0 Å². The maximum atomic E-state index is 13.1. The molecule has 26 heavy (non-hydrogen) atoms. The average molecular weight is 345 g/mol. The third kappa shape index (κ3) is 2.45. The molecule has 1 aromatic carbocycles. The number of H-pyrrole nitrogens is 1. The molecule has 0 saturated carbocycles. The number of piperidine rings is 1. The van der Waals surface area contributed by atoms with Gasteiger partial charge in [-0.2, -0.15) is 5.10 Å². The van der Waals surface area contributed by atoms with Crippen LogP contribution in [0.1, 0.15) is 34.9 Å². The van der Waals surface area contributed by atoms with E-state index in [9.17, 15) is 4.79 Å². The van der Waals surface area contributed by atoms with Gasteiger partial charge in [0.05, 0.1) is 28.3 Å². The first-order chi connectivity index (χ1) is 12.8. The van der Waals surface area contributed by atoms with Crippen LogP contribution in [-0.4, -0.2) is 43.5 Å². The van der Waals surface area contributed by atoms with E-state index in [0.717, 1.165) is 41.8 Å². The van der Waals surface area contributed by atoms with E-state index in [0.29, 0.717) is 12.1 Å². The maximum Gasteiger partial charge on any atom is 0.257 e.